The summed E-state index contributed by atoms with van der Waals surface area (Å²) in [7, 11) is 0. The van der Waals surface area contributed by atoms with E-state index in [1.54, 1.807) is 0 Å². The number of thiol groups is 1. The number of hydroxylamine groups is 8. The van der Waals surface area contributed by atoms with Crippen LogP contribution in [0.1, 0.15) is 103 Å². The first kappa shape index (κ1) is 90.7. The van der Waals surface area contributed by atoms with Crippen molar-refractivity contribution >= 4 is 114 Å². The lowest BCUT2D eigenvalue weighted by Gasteiger charge is -2.33. The maximum absolute atomic E-state index is 15.1. The fourth-order valence-corrected chi connectivity index (χ4v) is 8.64. The first-order valence-corrected chi connectivity index (χ1v) is 33.0. The lowest BCUT2D eigenvalue weighted by molar-refractivity contribution is -0.382. The summed E-state index contributed by atoms with van der Waals surface area (Å²) >= 11 is 4.10. The van der Waals surface area contributed by atoms with Gasteiger partial charge in [-0.3, -0.25) is 63.4 Å². The van der Waals surface area contributed by atoms with Crippen molar-refractivity contribution in [2.45, 2.75) is 163 Å². The van der Waals surface area contributed by atoms with E-state index in [9.17, 15) is 38.4 Å². The highest BCUT2D eigenvalue weighted by Crippen LogP contribution is 2.19. The largest absolute Gasteiger partial charge is 0.427 e. The highest BCUT2D eigenvalue weighted by atomic mass is 32.1. The van der Waals surface area contributed by atoms with E-state index in [4.69, 9.17) is 140 Å². The van der Waals surface area contributed by atoms with Crippen LogP contribution in [0.25, 0.3) is 0 Å². The zero-order valence-corrected chi connectivity index (χ0v) is 58.3. The van der Waals surface area contributed by atoms with Gasteiger partial charge in [-0.2, -0.15) is 23.6 Å². The van der Waals surface area contributed by atoms with Crippen LogP contribution in [0, 0.1) is 43.3 Å². The molecule has 1 aliphatic heterocycles. The van der Waals surface area contributed by atoms with Gasteiger partial charge in [0.2, 0.25) is 11.6 Å². The van der Waals surface area contributed by atoms with Crippen molar-refractivity contribution in [1.82, 2.24) is 86.4 Å². The molecular formula is C52H104N34O18S. The predicted molar refractivity (Wildman–Crippen MR) is 372 cm³/mol. The molecule has 0 spiro atoms. The molecular weight excluding hydrogens is 1420 g/mol. The molecule has 596 valence electrons. The van der Waals surface area contributed by atoms with Crippen molar-refractivity contribution in [3.05, 3.63) is 0 Å². The van der Waals surface area contributed by atoms with Gasteiger partial charge in [0.15, 0.2) is 47.7 Å². The lowest BCUT2D eigenvalue weighted by Crippen LogP contribution is -2.68. The number of cyclic esters (lactones) is 1. The second-order valence-electron chi connectivity index (χ2n) is 22.5. The second-order valence-corrected chi connectivity index (χ2v) is 22.9. The van der Waals surface area contributed by atoms with Crippen molar-refractivity contribution in [2.24, 2.45) is 57.3 Å². The Morgan fingerprint density at radius 2 is 0.552 bits per heavy atom. The third-order valence-corrected chi connectivity index (χ3v) is 14.3. The van der Waals surface area contributed by atoms with E-state index in [1.165, 1.54) is 0 Å². The molecule has 44 N–H and O–H groups in total. The number of nitrogens with one attached hydrogen (secondary N) is 24. The van der Waals surface area contributed by atoms with E-state index in [1.807, 2.05) is 5.73 Å². The Kier molecular flexibility index (Phi) is 45.4. The summed E-state index contributed by atoms with van der Waals surface area (Å²) in [5.41, 5.74) is 66.7. The first-order valence-electron chi connectivity index (χ1n) is 32.9. The van der Waals surface area contributed by atoms with E-state index in [2.05, 4.69) is 99.0 Å². The van der Waals surface area contributed by atoms with Crippen molar-refractivity contribution in [1.29, 1.82) is 43.3 Å². The van der Waals surface area contributed by atoms with E-state index >= 15 is 4.79 Å². The van der Waals surface area contributed by atoms with Gasteiger partial charge < -0.3 is 128 Å². The van der Waals surface area contributed by atoms with Gasteiger partial charge in [-0.15, -0.1) is 42.9 Å². The fraction of sp³-hybridized carbons (Fsp3) is 0.673. The maximum Gasteiger partial charge on any atom is 0.345 e. The fourth-order valence-electron chi connectivity index (χ4n) is 8.47. The molecule has 1 saturated heterocycles. The zero-order chi connectivity index (χ0) is 79.6. The van der Waals surface area contributed by atoms with Crippen LogP contribution in [-0.4, -0.2) is 219 Å². The quantitative estimate of drug-likeness (QED) is 0.00405. The molecule has 0 bridgehead atoms. The van der Waals surface area contributed by atoms with Crippen LogP contribution in [0.5, 0.6) is 0 Å². The number of ether oxygens (including phenoxy) is 1. The molecule has 1 unspecified atom stereocenters. The third kappa shape index (κ3) is 41.5. The molecule has 0 aromatic carbocycles. The smallest absolute Gasteiger partial charge is 0.345 e. The molecule has 1 rings (SSSR count). The van der Waals surface area contributed by atoms with Gasteiger partial charge in [0.1, 0.15) is 49.7 Å². The van der Waals surface area contributed by atoms with Gasteiger partial charge in [-0.05, 0) is 103 Å². The molecule has 0 aromatic rings. The minimum Gasteiger partial charge on any atom is -0.427 e. The molecule has 1 fully saturated rings. The monoisotopic (exact) mass is 1530 g/mol. The van der Waals surface area contributed by atoms with Gasteiger partial charge in [-0.25, -0.2) is 28.8 Å². The normalized spacial score (nSPS) is 22.4. The molecule has 53 heteroatoms. The Balaban J connectivity index is 4.37. The van der Waals surface area contributed by atoms with Crippen LogP contribution in [0.2, 0.25) is 1.41 Å². The van der Waals surface area contributed by atoms with E-state index in [-0.39, 0.29) is 142 Å². The Labute approximate surface area is 608 Å². The van der Waals surface area contributed by atoms with Crippen molar-refractivity contribution in [2.75, 3.05) is 58.1 Å². The number of carbonyl (C=O) groups is 9. The Morgan fingerprint density at radius 3 is 0.752 bits per heavy atom. The molecule has 0 radical (unpaired) electrons. The first-order chi connectivity index (χ1) is 50.3. The van der Waals surface area contributed by atoms with E-state index < -0.39 is 180 Å². The summed E-state index contributed by atoms with van der Waals surface area (Å²) in [5, 5.41) is 80.9. The van der Waals surface area contributed by atoms with Crippen LogP contribution in [0.3, 0.4) is 0 Å². The van der Waals surface area contributed by atoms with Gasteiger partial charge in [-0.1, -0.05) is 0 Å². The minimum atomic E-state index is -3.52. The Bertz CT molecular complexity index is 2900. The van der Waals surface area contributed by atoms with Crippen molar-refractivity contribution in [3.63, 3.8) is 0 Å². The summed E-state index contributed by atoms with van der Waals surface area (Å²) in [4.78, 5) is 171. The topological polar surface area (TPSA) is 880 Å². The van der Waals surface area contributed by atoms with Crippen LogP contribution < -0.4 is 144 Å². The molecule has 1 aliphatic rings. The van der Waals surface area contributed by atoms with Crippen LogP contribution in [0.15, 0.2) is 0 Å². The van der Waals surface area contributed by atoms with Gasteiger partial charge in [0, 0.05) is 58.1 Å². The number of Topliss-reactive ketones (excluding diaryl/α,β-unsaturated/α-hetero) is 2. The third-order valence-electron chi connectivity index (χ3n) is 13.9. The molecule has 0 aliphatic carbocycles. The van der Waals surface area contributed by atoms with E-state index in [0.29, 0.717) is 0 Å². The zero-order valence-electron chi connectivity index (χ0n) is 58.4. The molecule has 10 atom stereocenters. The van der Waals surface area contributed by atoms with Crippen LogP contribution in [0.4, 0.5) is 0 Å². The predicted octanol–water partition coefficient (Wildman–Crippen LogP) is -12.1. The molecule has 105 heavy (non-hydrogen) atoms. The summed E-state index contributed by atoms with van der Waals surface area (Å²) in [5.74, 6) is -16.8. The molecule has 0 saturated carbocycles. The second kappa shape index (κ2) is 52.6. The molecule has 52 nitrogen and oxygen atoms in total. The van der Waals surface area contributed by atoms with E-state index in [0.717, 1.165) is 0 Å². The highest BCUT2D eigenvalue weighted by molar-refractivity contribution is 7.80. The van der Waals surface area contributed by atoms with Crippen LogP contribution >= 0.6 is 12.6 Å². The Hall–Kier alpha value is -10.3. The number of rotatable bonds is 36. The summed E-state index contributed by atoms with van der Waals surface area (Å²) in [6, 6.07) is -15.7. The molecule has 0 aromatic heterocycles. The van der Waals surface area contributed by atoms with Gasteiger partial charge >= 0.3 is 41.8 Å². The highest BCUT2D eigenvalue weighted by Gasteiger charge is 2.52. The number of ketones is 2. The van der Waals surface area contributed by atoms with Gasteiger partial charge in [0.05, 0.1) is 6.04 Å². The SMILES string of the molecule is [2H]N[C@H](CS)C(=O)C1(N)OC(=O)[C@@H](CCCNC(=N)N)NOC(=O)[C@@H](CCCNC(=N)N)NOC(=O)[C@@H](CCCNC(=N)N)NOC(=O)[C@@H](CCCNC(=N)N)NOON[C@@H](CCCNC(=N)N)C(=O)ON[C@@H](CCCNC(=N)N)C(=O)ON[C@@H](CCCNC(=N)N)C(=O)ON[C@@H](CCCNC(=N)N)C1=O. The maximum atomic E-state index is 15.1. The van der Waals surface area contributed by atoms with Crippen LogP contribution in [-0.2, 0) is 86.9 Å². The average molecular weight is 1530 g/mol. The molecule has 1 heterocycles. The van der Waals surface area contributed by atoms with Crippen molar-refractivity contribution in [3.8, 4) is 0 Å². The number of esters is 1. The number of hydrogen-bond donors (Lipinski definition) is 35. The summed E-state index contributed by atoms with van der Waals surface area (Å²) in [6.07, 6.45) is -2.97. The average Bonchev–Trinajstić information content (AvgIpc) is 0.787. The number of hydrogen-bond acceptors (Lipinski definition) is 37. The summed E-state index contributed by atoms with van der Waals surface area (Å²) < 4.78 is 13.5. The Morgan fingerprint density at radius 1 is 0.362 bits per heavy atom. The lowest BCUT2D eigenvalue weighted by atomic mass is 9.92. The minimum absolute atomic E-state index is 0.00141. The molecule has 0 amide bonds. The number of carbonyl (C=O) groups excluding carboxylic acids is 9. The van der Waals surface area contributed by atoms with Crippen molar-refractivity contribution < 1.29 is 88.3 Å². The number of nitrogens with two attached hydrogens (primary N) is 10. The number of guanidine groups is 8. The standard InChI is InChI=1S/C52H104N34O18S/c53-26(25-105)35(87)52(70)36(88)27(9-1-17-71-44(54)55)79-97-38(90)29(11-3-19-73-46(58)59)81-99-40(92)31(13-5-21-75-48(62)63)83-101-42(94)33(15-7-23-77-50(66)67)85-103-104-86-34(16-8-24-78-51(68)69)43(95)102-84-32(14-6-22-76-49(64)65)41(93)100-82-30(12-4-20-74-47(60)61)39(91)98-80-28(37(89)96-52)10-2-18-72-45(56)57/h26-34,79-86,105H,1-25,53,70H2,(H4,54,55,71)(H4,56,57,72)(H4,58,59,73)(H4,60,61,74)(H4,62,63,75)(H4,64,65,76)(H4,66,67,77)(H4,68,69,78)/t26-,27+,28-,29+,30-,31+,32-,33+,34-,52?/m1/s1/i/hD. The van der Waals surface area contributed by atoms with Gasteiger partial charge in [0.25, 0.3) is 5.72 Å². The summed E-state index contributed by atoms with van der Waals surface area (Å²) in [6.45, 7) is -0.533.